The Kier molecular flexibility index (Phi) is 2.97. The van der Waals surface area contributed by atoms with E-state index in [1.165, 1.54) is 17.2 Å². The lowest BCUT2D eigenvalue weighted by atomic mass is 10.3. The van der Waals surface area contributed by atoms with Crippen molar-refractivity contribution >= 4 is 11.8 Å². The van der Waals surface area contributed by atoms with Gasteiger partial charge in [-0.3, -0.25) is 4.79 Å². The summed E-state index contributed by atoms with van der Waals surface area (Å²) in [4.78, 5) is 11.8. The highest BCUT2D eigenvalue weighted by atomic mass is 16.4. The van der Waals surface area contributed by atoms with E-state index in [4.69, 9.17) is 10.4 Å². The molecule has 1 aromatic rings. The predicted octanol–water partition coefficient (Wildman–Crippen LogP) is -0.131. The molecule has 0 saturated carbocycles. The number of carbonyl (C=O) groups is 1. The molecule has 1 N–H and O–H groups in total. The molecular weight excluding hydrogens is 184 g/mol. The summed E-state index contributed by atoms with van der Waals surface area (Å²) in [5.74, 6) is -0.709. The van der Waals surface area contributed by atoms with Gasteiger partial charge in [0.2, 0.25) is 0 Å². The maximum Gasteiger partial charge on any atom is 0.323 e. The summed E-state index contributed by atoms with van der Waals surface area (Å²) in [5, 5.41) is 24.5. The van der Waals surface area contributed by atoms with Gasteiger partial charge in [-0.2, -0.15) is 10.4 Å². The number of nitrogens with zero attached hydrogens (tertiary/aromatic N) is 4. The summed E-state index contributed by atoms with van der Waals surface area (Å²) in [6.07, 6.45) is 1.39. The summed E-state index contributed by atoms with van der Waals surface area (Å²) in [6.45, 7) is -0.215. The van der Waals surface area contributed by atoms with E-state index < -0.39 is 5.97 Å². The van der Waals surface area contributed by atoms with Gasteiger partial charge in [-0.15, -0.1) is 5.10 Å². The Bertz CT molecular complexity index is 385. The Morgan fingerprint density at radius 2 is 2.50 bits per heavy atom. The molecule has 0 unspecified atom stereocenters. The minimum Gasteiger partial charge on any atom is -0.480 e. The van der Waals surface area contributed by atoms with E-state index in [-0.39, 0.29) is 12.4 Å². The minimum absolute atomic E-state index is 0.215. The SMILES string of the molecule is CN(CC(=O)O)c1nnccc1C#N. The highest BCUT2D eigenvalue weighted by molar-refractivity contribution is 5.73. The van der Waals surface area contributed by atoms with Crippen LogP contribution in [0.2, 0.25) is 0 Å². The van der Waals surface area contributed by atoms with Crippen molar-refractivity contribution in [1.29, 1.82) is 5.26 Å². The third kappa shape index (κ3) is 2.17. The fraction of sp³-hybridized carbons (Fsp3) is 0.250. The largest absolute Gasteiger partial charge is 0.480 e. The van der Waals surface area contributed by atoms with Gasteiger partial charge in [0, 0.05) is 7.05 Å². The Morgan fingerprint density at radius 1 is 1.79 bits per heavy atom. The van der Waals surface area contributed by atoms with E-state index in [1.54, 1.807) is 7.05 Å². The summed E-state index contributed by atoms with van der Waals surface area (Å²) in [5.41, 5.74) is 0.309. The van der Waals surface area contributed by atoms with Gasteiger partial charge >= 0.3 is 5.97 Å². The number of hydrogen-bond acceptors (Lipinski definition) is 5. The summed E-state index contributed by atoms with van der Waals surface area (Å²) >= 11 is 0. The lowest BCUT2D eigenvalue weighted by molar-refractivity contribution is -0.135. The first-order valence-corrected chi connectivity index (χ1v) is 3.80. The first-order valence-electron chi connectivity index (χ1n) is 3.80. The third-order valence-electron chi connectivity index (χ3n) is 1.56. The normalized spacial score (nSPS) is 9.14. The van der Waals surface area contributed by atoms with Crippen LogP contribution in [0.25, 0.3) is 0 Å². The molecule has 0 aromatic carbocycles. The Balaban J connectivity index is 2.95. The quantitative estimate of drug-likeness (QED) is 0.717. The van der Waals surface area contributed by atoms with Crippen molar-refractivity contribution in [2.24, 2.45) is 0 Å². The van der Waals surface area contributed by atoms with Gasteiger partial charge in [0.05, 0.1) is 11.8 Å². The molecule has 0 bridgehead atoms. The van der Waals surface area contributed by atoms with E-state index in [0.29, 0.717) is 5.56 Å². The van der Waals surface area contributed by atoms with E-state index >= 15 is 0 Å². The van der Waals surface area contributed by atoms with Crippen LogP contribution in [0.5, 0.6) is 0 Å². The summed E-state index contributed by atoms with van der Waals surface area (Å²) < 4.78 is 0. The molecule has 1 heterocycles. The number of likely N-dealkylation sites (N-methyl/N-ethyl adjacent to an activating group) is 1. The van der Waals surface area contributed by atoms with Crippen molar-refractivity contribution < 1.29 is 9.90 Å². The number of aliphatic carboxylic acids is 1. The second-order valence-electron chi connectivity index (χ2n) is 2.63. The Morgan fingerprint density at radius 3 is 3.07 bits per heavy atom. The van der Waals surface area contributed by atoms with Gasteiger partial charge in [-0.05, 0) is 6.07 Å². The maximum atomic E-state index is 10.4. The zero-order chi connectivity index (χ0) is 10.6. The molecule has 0 radical (unpaired) electrons. The monoisotopic (exact) mass is 192 g/mol. The molecule has 0 fully saturated rings. The average Bonchev–Trinajstić information content (AvgIpc) is 2.16. The van der Waals surface area contributed by atoms with E-state index in [2.05, 4.69) is 10.2 Å². The molecule has 72 valence electrons. The predicted molar refractivity (Wildman–Crippen MR) is 47.7 cm³/mol. The zero-order valence-corrected chi connectivity index (χ0v) is 7.51. The fourth-order valence-electron chi connectivity index (χ4n) is 0.971. The van der Waals surface area contributed by atoms with Crippen molar-refractivity contribution in [2.75, 3.05) is 18.5 Å². The number of aromatic nitrogens is 2. The van der Waals surface area contributed by atoms with Crippen LogP contribution in [-0.4, -0.2) is 34.9 Å². The Labute approximate surface area is 80.4 Å². The average molecular weight is 192 g/mol. The number of rotatable bonds is 3. The highest BCUT2D eigenvalue weighted by Crippen LogP contribution is 2.12. The van der Waals surface area contributed by atoms with Crippen LogP contribution in [0, 0.1) is 11.3 Å². The molecule has 1 aromatic heterocycles. The van der Waals surface area contributed by atoms with Crippen molar-refractivity contribution in [1.82, 2.24) is 10.2 Å². The molecule has 0 amide bonds. The molecule has 0 spiro atoms. The second-order valence-corrected chi connectivity index (χ2v) is 2.63. The minimum atomic E-state index is -0.984. The van der Waals surface area contributed by atoms with Crippen LogP contribution < -0.4 is 4.90 Å². The number of carboxylic acid groups (broad SMARTS) is 1. The first kappa shape index (κ1) is 9.92. The number of hydrogen-bond donors (Lipinski definition) is 1. The van der Waals surface area contributed by atoms with E-state index in [1.807, 2.05) is 6.07 Å². The molecule has 14 heavy (non-hydrogen) atoms. The zero-order valence-electron chi connectivity index (χ0n) is 7.51. The summed E-state index contributed by atoms with van der Waals surface area (Å²) in [6, 6.07) is 3.40. The molecule has 0 aliphatic heterocycles. The lowest BCUT2D eigenvalue weighted by Gasteiger charge is -2.14. The van der Waals surface area contributed by atoms with Crippen molar-refractivity contribution in [3.05, 3.63) is 17.8 Å². The number of carboxylic acids is 1. The van der Waals surface area contributed by atoms with Gasteiger partial charge in [-0.1, -0.05) is 0 Å². The van der Waals surface area contributed by atoms with E-state index in [0.717, 1.165) is 0 Å². The van der Waals surface area contributed by atoms with Gasteiger partial charge in [-0.25, -0.2) is 0 Å². The molecule has 0 aliphatic rings. The molecule has 0 atom stereocenters. The molecule has 0 saturated heterocycles. The van der Waals surface area contributed by atoms with Gasteiger partial charge in [0.15, 0.2) is 5.82 Å². The van der Waals surface area contributed by atoms with Crippen LogP contribution >= 0.6 is 0 Å². The third-order valence-corrected chi connectivity index (χ3v) is 1.56. The first-order chi connectivity index (χ1) is 6.65. The van der Waals surface area contributed by atoms with Crippen LogP contribution in [-0.2, 0) is 4.79 Å². The molecular formula is C8H8N4O2. The molecule has 6 heteroatoms. The van der Waals surface area contributed by atoms with Crippen molar-refractivity contribution in [2.45, 2.75) is 0 Å². The highest BCUT2D eigenvalue weighted by Gasteiger charge is 2.11. The maximum absolute atomic E-state index is 10.4. The van der Waals surface area contributed by atoms with Crippen LogP contribution in [0.3, 0.4) is 0 Å². The second kappa shape index (κ2) is 4.18. The summed E-state index contributed by atoms with van der Waals surface area (Å²) in [7, 11) is 1.54. The Hall–Kier alpha value is -2.16. The van der Waals surface area contributed by atoms with Crippen LogP contribution in [0.15, 0.2) is 12.3 Å². The molecule has 1 rings (SSSR count). The van der Waals surface area contributed by atoms with Gasteiger partial charge < -0.3 is 10.0 Å². The van der Waals surface area contributed by atoms with Crippen LogP contribution in [0.4, 0.5) is 5.82 Å². The number of nitriles is 1. The smallest absolute Gasteiger partial charge is 0.323 e. The topological polar surface area (TPSA) is 90.1 Å². The van der Waals surface area contributed by atoms with Crippen molar-refractivity contribution in [3.8, 4) is 6.07 Å². The van der Waals surface area contributed by atoms with Crippen LogP contribution in [0.1, 0.15) is 5.56 Å². The lowest BCUT2D eigenvalue weighted by Crippen LogP contribution is -2.26. The van der Waals surface area contributed by atoms with Crippen molar-refractivity contribution in [3.63, 3.8) is 0 Å². The molecule has 0 aliphatic carbocycles. The van der Waals surface area contributed by atoms with E-state index in [9.17, 15) is 4.79 Å². The van der Waals surface area contributed by atoms with Gasteiger partial charge in [0.1, 0.15) is 12.6 Å². The number of anilines is 1. The molecule has 6 nitrogen and oxygen atoms in total. The standard InChI is InChI=1S/C8H8N4O2/c1-12(5-7(13)14)8-6(4-9)2-3-10-11-8/h2-3H,5H2,1H3,(H,13,14). The van der Waals surface area contributed by atoms with Gasteiger partial charge in [0.25, 0.3) is 0 Å². The fourth-order valence-corrected chi connectivity index (χ4v) is 0.971.